The lowest BCUT2D eigenvalue weighted by atomic mass is 9.82. The molecule has 2 rings (SSSR count). The summed E-state index contributed by atoms with van der Waals surface area (Å²) in [5, 5.41) is 3.85. The van der Waals surface area contributed by atoms with Gasteiger partial charge in [-0.2, -0.15) is 0 Å². The van der Waals surface area contributed by atoms with E-state index in [4.69, 9.17) is 9.47 Å². The number of benzene rings is 1. The van der Waals surface area contributed by atoms with Gasteiger partial charge in [0, 0.05) is 17.7 Å². The monoisotopic (exact) mass is 369 g/mol. The van der Waals surface area contributed by atoms with Crippen molar-refractivity contribution in [1.82, 2.24) is 5.32 Å². The number of nitrogens with one attached hydrogen (secondary N) is 1. The van der Waals surface area contributed by atoms with Gasteiger partial charge in [0.15, 0.2) is 0 Å². The van der Waals surface area contributed by atoms with Gasteiger partial charge in [-0.25, -0.2) is 0 Å². The van der Waals surface area contributed by atoms with Gasteiger partial charge in [-0.15, -0.1) is 0 Å². The fourth-order valence-electron chi connectivity index (χ4n) is 3.90. The Hall–Kier alpha value is -2.00. The fourth-order valence-corrected chi connectivity index (χ4v) is 3.90. The highest BCUT2D eigenvalue weighted by Crippen LogP contribution is 2.37. The molecule has 0 radical (unpaired) electrons. The van der Waals surface area contributed by atoms with Crippen LogP contribution in [0.25, 0.3) is 0 Å². The Balaban J connectivity index is 2.35. The van der Waals surface area contributed by atoms with Crippen molar-refractivity contribution < 1.29 is 9.47 Å². The average molecular weight is 370 g/mol. The van der Waals surface area contributed by atoms with Crippen molar-refractivity contribution in [2.45, 2.75) is 59.5 Å². The van der Waals surface area contributed by atoms with Crippen LogP contribution >= 0.6 is 0 Å². The van der Waals surface area contributed by atoms with Crippen LogP contribution in [0.4, 0.5) is 0 Å². The predicted octanol–water partition coefficient (Wildman–Crippen LogP) is 5.66. The first-order chi connectivity index (χ1) is 12.8. The Morgan fingerprint density at radius 3 is 2.59 bits per heavy atom. The number of aryl methyl sites for hydroxylation is 1. The zero-order valence-corrected chi connectivity index (χ0v) is 17.8. The van der Waals surface area contributed by atoms with Crippen molar-refractivity contribution >= 4 is 0 Å². The molecule has 2 unspecified atom stereocenters. The van der Waals surface area contributed by atoms with Crippen LogP contribution in [-0.2, 0) is 11.2 Å². The first-order valence-corrected chi connectivity index (χ1v) is 9.92. The van der Waals surface area contributed by atoms with E-state index >= 15 is 0 Å². The molecule has 27 heavy (non-hydrogen) atoms. The summed E-state index contributed by atoms with van der Waals surface area (Å²) in [7, 11) is 1.74. The number of ether oxygens (including phenoxy) is 2. The van der Waals surface area contributed by atoms with Gasteiger partial charge < -0.3 is 14.8 Å². The van der Waals surface area contributed by atoms with Crippen molar-refractivity contribution in [3.63, 3.8) is 0 Å². The predicted molar refractivity (Wildman–Crippen MR) is 114 cm³/mol. The van der Waals surface area contributed by atoms with E-state index in [1.54, 1.807) is 7.11 Å². The Morgan fingerprint density at radius 1 is 1.33 bits per heavy atom. The number of hydrogen-bond donors (Lipinski definition) is 1. The molecule has 0 aromatic heterocycles. The van der Waals surface area contributed by atoms with Crippen molar-refractivity contribution in [3.05, 3.63) is 65.0 Å². The minimum absolute atomic E-state index is 0.201. The number of allylic oxidation sites excluding steroid dienone is 2. The molecule has 148 valence electrons. The second-order valence-corrected chi connectivity index (χ2v) is 7.66. The van der Waals surface area contributed by atoms with Crippen LogP contribution in [-0.4, -0.2) is 19.8 Å². The molecule has 0 saturated heterocycles. The zero-order valence-electron chi connectivity index (χ0n) is 17.8. The Labute approximate surface area is 165 Å². The van der Waals surface area contributed by atoms with Crippen molar-refractivity contribution in [3.8, 4) is 5.75 Å². The minimum Gasteiger partial charge on any atom is -0.496 e. The second kappa shape index (κ2) is 9.27. The van der Waals surface area contributed by atoms with E-state index in [0.29, 0.717) is 24.3 Å². The second-order valence-electron chi connectivity index (χ2n) is 7.66. The molecule has 3 nitrogen and oxygen atoms in total. The molecule has 1 aliphatic rings. The lowest BCUT2D eigenvalue weighted by molar-refractivity contribution is 0.239. The van der Waals surface area contributed by atoms with Gasteiger partial charge in [-0.05, 0) is 67.9 Å². The number of rotatable bonds is 8. The van der Waals surface area contributed by atoms with Crippen LogP contribution < -0.4 is 10.1 Å². The van der Waals surface area contributed by atoms with Crippen LogP contribution in [0.3, 0.4) is 0 Å². The molecular formula is C24H35NO2. The lowest BCUT2D eigenvalue weighted by Crippen LogP contribution is -2.43. The summed E-state index contributed by atoms with van der Waals surface area (Å²) in [5.74, 6) is 2.21. The number of methoxy groups -OCH3 is 1. The Kier molecular flexibility index (Phi) is 7.32. The summed E-state index contributed by atoms with van der Waals surface area (Å²) in [6.07, 6.45) is 3.90. The largest absolute Gasteiger partial charge is 0.496 e. The first-order valence-electron chi connectivity index (χ1n) is 9.92. The van der Waals surface area contributed by atoms with E-state index < -0.39 is 0 Å². The highest BCUT2D eigenvalue weighted by molar-refractivity contribution is 5.47. The maximum absolute atomic E-state index is 5.62. The third-order valence-corrected chi connectivity index (χ3v) is 5.43. The van der Waals surface area contributed by atoms with Crippen LogP contribution in [0.2, 0.25) is 0 Å². The van der Waals surface area contributed by atoms with Gasteiger partial charge >= 0.3 is 0 Å². The van der Waals surface area contributed by atoms with Crippen molar-refractivity contribution in [2.75, 3.05) is 13.7 Å². The standard InChI is InChI=1S/C24H35NO2/c1-9-20(18(7)27-10-2)16(5)12-23-21-14-24(26-8)17(6)11-19(21)13-22(25-23)15(3)4/h9,11,14-15,22-23,25H,5,7,10,12-13H2,1-4,6,8H3/b20-9+. The molecule has 0 saturated carbocycles. The number of hydrogen-bond acceptors (Lipinski definition) is 3. The third-order valence-electron chi connectivity index (χ3n) is 5.43. The van der Waals surface area contributed by atoms with Gasteiger partial charge in [0.1, 0.15) is 11.5 Å². The molecule has 1 aromatic rings. The first kappa shape index (κ1) is 21.3. The van der Waals surface area contributed by atoms with Gasteiger partial charge in [0.2, 0.25) is 0 Å². The van der Waals surface area contributed by atoms with E-state index in [-0.39, 0.29) is 6.04 Å². The smallest absolute Gasteiger partial charge is 0.122 e. The molecule has 2 atom stereocenters. The maximum atomic E-state index is 5.62. The molecule has 0 aliphatic carbocycles. The normalized spacial score (nSPS) is 19.6. The number of fused-ring (bicyclic) bond motifs is 1. The highest BCUT2D eigenvalue weighted by atomic mass is 16.5. The quantitative estimate of drug-likeness (QED) is 0.474. The molecule has 3 heteroatoms. The van der Waals surface area contributed by atoms with E-state index in [2.05, 4.69) is 51.4 Å². The Morgan fingerprint density at radius 2 is 2.04 bits per heavy atom. The van der Waals surface area contributed by atoms with Crippen molar-refractivity contribution in [1.29, 1.82) is 0 Å². The van der Waals surface area contributed by atoms with Gasteiger partial charge in [-0.1, -0.05) is 39.1 Å². The highest BCUT2D eigenvalue weighted by Gasteiger charge is 2.29. The zero-order chi connectivity index (χ0) is 20.1. The van der Waals surface area contributed by atoms with E-state index in [9.17, 15) is 0 Å². The molecule has 0 amide bonds. The van der Waals surface area contributed by atoms with Crippen LogP contribution in [0.1, 0.15) is 56.8 Å². The SMILES string of the molecule is C=C(CC1NC(C(C)C)Cc2cc(C)c(OC)cc21)/C(=C\C)C(=C)OCC. The molecule has 1 heterocycles. The van der Waals surface area contributed by atoms with E-state index in [1.165, 1.54) is 16.7 Å². The van der Waals surface area contributed by atoms with Crippen LogP contribution in [0.5, 0.6) is 5.75 Å². The molecule has 1 aliphatic heterocycles. The maximum Gasteiger partial charge on any atom is 0.122 e. The summed E-state index contributed by atoms with van der Waals surface area (Å²) in [6, 6.07) is 5.13. The summed E-state index contributed by atoms with van der Waals surface area (Å²) in [6.45, 7) is 19.7. The minimum atomic E-state index is 0.201. The molecular weight excluding hydrogens is 334 g/mol. The van der Waals surface area contributed by atoms with Gasteiger partial charge in [-0.3, -0.25) is 0 Å². The molecule has 0 fully saturated rings. The van der Waals surface area contributed by atoms with Crippen LogP contribution in [0.15, 0.2) is 48.3 Å². The van der Waals surface area contributed by atoms with Crippen molar-refractivity contribution in [2.24, 2.45) is 5.92 Å². The summed E-state index contributed by atoms with van der Waals surface area (Å²) in [4.78, 5) is 0. The summed E-state index contributed by atoms with van der Waals surface area (Å²) < 4.78 is 11.2. The third kappa shape index (κ3) is 4.84. The lowest BCUT2D eigenvalue weighted by Gasteiger charge is -2.36. The Bertz CT molecular complexity index is 730. The average Bonchev–Trinajstić information content (AvgIpc) is 2.61. The van der Waals surface area contributed by atoms with Gasteiger partial charge in [0.25, 0.3) is 0 Å². The van der Waals surface area contributed by atoms with Crippen LogP contribution in [0, 0.1) is 12.8 Å². The molecule has 1 N–H and O–H groups in total. The van der Waals surface area contributed by atoms with E-state index in [0.717, 1.165) is 29.7 Å². The molecule has 1 aromatic carbocycles. The topological polar surface area (TPSA) is 30.5 Å². The summed E-state index contributed by atoms with van der Waals surface area (Å²) >= 11 is 0. The summed E-state index contributed by atoms with van der Waals surface area (Å²) in [5.41, 5.74) is 5.97. The fraction of sp³-hybridized carbons (Fsp3) is 0.500. The molecule has 0 bridgehead atoms. The van der Waals surface area contributed by atoms with Gasteiger partial charge in [0.05, 0.1) is 13.7 Å². The molecule has 0 spiro atoms. The van der Waals surface area contributed by atoms with E-state index in [1.807, 2.05) is 19.9 Å².